The van der Waals surface area contributed by atoms with E-state index in [1.165, 1.54) is 24.4 Å². The highest BCUT2D eigenvalue weighted by Crippen LogP contribution is 2.23. The number of H-pyrrole nitrogens is 1. The molecule has 17 heavy (non-hydrogen) atoms. The largest absolute Gasteiger partial charge is 0.394 e. The van der Waals surface area contributed by atoms with E-state index in [4.69, 9.17) is 5.73 Å². The third kappa shape index (κ3) is 2.15. The minimum atomic E-state index is -0.474. The van der Waals surface area contributed by atoms with Crippen molar-refractivity contribution in [1.29, 1.82) is 0 Å². The summed E-state index contributed by atoms with van der Waals surface area (Å²) in [5.41, 5.74) is 6.43. The minimum absolute atomic E-state index is 0.00716. The standard InChI is InChI=1S/C11H9N3O3/c12-10-5-8(6-13-11(10)15)7-2-1-3-9(4-7)14(16)17/h1-6H,12H2,(H,13,15). The lowest BCUT2D eigenvalue weighted by Gasteiger charge is -2.02. The van der Waals surface area contributed by atoms with Gasteiger partial charge in [-0.2, -0.15) is 0 Å². The smallest absolute Gasteiger partial charge is 0.271 e. The molecule has 0 saturated heterocycles. The number of nitrogens with two attached hydrogens (primary N) is 1. The number of non-ortho nitro benzene ring substituents is 1. The Kier molecular flexibility index (Phi) is 2.61. The van der Waals surface area contributed by atoms with Gasteiger partial charge in [0.15, 0.2) is 0 Å². The Bertz CT molecular complexity index is 634. The first-order chi connectivity index (χ1) is 8.08. The molecule has 0 unspecified atom stereocenters. The van der Waals surface area contributed by atoms with Crippen molar-refractivity contribution >= 4 is 11.4 Å². The van der Waals surface area contributed by atoms with E-state index in [1.54, 1.807) is 12.1 Å². The average molecular weight is 231 g/mol. The van der Waals surface area contributed by atoms with Crippen molar-refractivity contribution in [2.75, 3.05) is 5.73 Å². The van der Waals surface area contributed by atoms with Crippen LogP contribution >= 0.6 is 0 Å². The Hall–Kier alpha value is -2.63. The molecule has 0 aliphatic heterocycles. The van der Waals surface area contributed by atoms with Crippen LogP contribution in [-0.2, 0) is 0 Å². The summed E-state index contributed by atoms with van der Waals surface area (Å²) < 4.78 is 0. The molecule has 0 aliphatic carbocycles. The second-order valence-corrected chi connectivity index (χ2v) is 3.48. The summed E-state index contributed by atoms with van der Waals surface area (Å²) in [5.74, 6) is 0. The van der Waals surface area contributed by atoms with E-state index in [2.05, 4.69) is 4.98 Å². The van der Waals surface area contributed by atoms with Crippen molar-refractivity contribution in [3.8, 4) is 11.1 Å². The predicted octanol–water partition coefficient (Wildman–Crippen LogP) is 1.53. The lowest BCUT2D eigenvalue weighted by molar-refractivity contribution is -0.384. The summed E-state index contributed by atoms with van der Waals surface area (Å²) >= 11 is 0. The van der Waals surface area contributed by atoms with E-state index in [-0.39, 0.29) is 16.9 Å². The van der Waals surface area contributed by atoms with Gasteiger partial charge in [0, 0.05) is 23.9 Å². The number of nitrogen functional groups attached to an aromatic ring is 1. The molecule has 2 rings (SSSR count). The van der Waals surface area contributed by atoms with Crippen molar-refractivity contribution in [2.24, 2.45) is 0 Å². The fourth-order valence-corrected chi connectivity index (χ4v) is 1.47. The number of benzene rings is 1. The Morgan fingerprint density at radius 2 is 2.00 bits per heavy atom. The summed E-state index contributed by atoms with van der Waals surface area (Å²) in [6, 6.07) is 7.60. The first-order valence-corrected chi connectivity index (χ1v) is 4.81. The summed E-state index contributed by atoms with van der Waals surface area (Å²) in [6.45, 7) is 0. The van der Waals surface area contributed by atoms with Gasteiger partial charge in [-0.1, -0.05) is 12.1 Å². The van der Waals surface area contributed by atoms with Crippen LogP contribution in [0.2, 0.25) is 0 Å². The van der Waals surface area contributed by atoms with E-state index in [1.807, 2.05) is 0 Å². The molecule has 0 radical (unpaired) electrons. The number of pyridine rings is 1. The van der Waals surface area contributed by atoms with Gasteiger partial charge in [-0.05, 0) is 11.6 Å². The highest BCUT2D eigenvalue weighted by atomic mass is 16.6. The SMILES string of the molecule is Nc1cc(-c2cccc([N+](=O)[O-])c2)c[nH]c1=O. The molecule has 6 heteroatoms. The van der Waals surface area contributed by atoms with Gasteiger partial charge in [0.2, 0.25) is 0 Å². The summed E-state index contributed by atoms with van der Waals surface area (Å²) in [7, 11) is 0. The molecule has 1 aromatic heterocycles. The van der Waals surface area contributed by atoms with Crippen LogP contribution in [-0.4, -0.2) is 9.91 Å². The number of rotatable bonds is 2. The van der Waals surface area contributed by atoms with Gasteiger partial charge in [0.1, 0.15) is 0 Å². The molecule has 1 heterocycles. The molecular weight excluding hydrogens is 222 g/mol. The van der Waals surface area contributed by atoms with Gasteiger partial charge in [-0.15, -0.1) is 0 Å². The van der Waals surface area contributed by atoms with Gasteiger partial charge >= 0.3 is 0 Å². The molecule has 1 aromatic carbocycles. The van der Waals surface area contributed by atoms with Gasteiger partial charge in [-0.25, -0.2) is 0 Å². The first kappa shape index (κ1) is 10.9. The zero-order valence-corrected chi connectivity index (χ0v) is 8.71. The predicted molar refractivity (Wildman–Crippen MR) is 63.6 cm³/mol. The van der Waals surface area contributed by atoms with E-state index in [0.717, 1.165) is 0 Å². The van der Waals surface area contributed by atoms with Crippen LogP contribution < -0.4 is 11.3 Å². The highest BCUT2D eigenvalue weighted by molar-refractivity contribution is 5.67. The fourth-order valence-electron chi connectivity index (χ4n) is 1.47. The second kappa shape index (κ2) is 4.09. The summed E-state index contributed by atoms with van der Waals surface area (Å²) in [4.78, 5) is 23.7. The van der Waals surface area contributed by atoms with Gasteiger partial charge in [0.05, 0.1) is 10.6 Å². The number of hydrogen-bond acceptors (Lipinski definition) is 4. The molecule has 6 nitrogen and oxygen atoms in total. The van der Waals surface area contributed by atoms with Crippen LogP contribution in [0.4, 0.5) is 11.4 Å². The van der Waals surface area contributed by atoms with E-state index < -0.39 is 4.92 Å². The maximum absolute atomic E-state index is 11.1. The number of aromatic nitrogens is 1. The molecule has 0 saturated carbocycles. The molecule has 3 N–H and O–H groups in total. The number of anilines is 1. The normalized spacial score (nSPS) is 10.1. The monoisotopic (exact) mass is 231 g/mol. The molecular formula is C11H9N3O3. The van der Waals surface area contributed by atoms with E-state index in [9.17, 15) is 14.9 Å². The Morgan fingerprint density at radius 1 is 1.24 bits per heavy atom. The van der Waals surface area contributed by atoms with Gasteiger partial charge in [-0.3, -0.25) is 14.9 Å². The number of nitrogens with zero attached hydrogens (tertiary/aromatic N) is 1. The Balaban J connectivity index is 2.52. The number of hydrogen-bond donors (Lipinski definition) is 2. The van der Waals surface area contributed by atoms with Crippen molar-refractivity contribution in [1.82, 2.24) is 4.98 Å². The van der Waals surface area contributed by atoms with Crippen molar-refractivity contribution in [3.63, 3.8) is 0 Å². The third-order valence-electron chi connectivity index (χ3n) is 2.32. The number of aromatic amines is 1. The lowest BCUT2D eigenvalue weighted by atomic mass is 10.1. The van der Waals surface area contributed by atoms with Crippen LogP contribution in [0.3, 0.4) is 0 Å². The quantitative estimate of drug-likeness (QED) is 0.604. The summed E-state index contributed by atoms with van der Waals surface area (Å²) in [5, 5.41) is 10.6. The zero-order valence-electron chi connectivity index (χ0n) is 8.71. The number of nitrogens with one attached hydrogen (secondary N) is 1. The molecule has 0 bridgehead atoms. The Morgan fingerprint density at radius 3 is 2.65 bits per heavy atom. The van der Waals surface area contributed by atoms with Crippen LogP contribution in [0.5, 0.6) is 0 Å². The highest BCUT2D eigenvalue weighted by Gasteiger charge is 2.07. The topological polar surface area (TPSA) is 102 Å². The maximum Gasteiger partial charge on any atom is 0.271 e. The molecule has 0 aliphatic rings. The average Bonchev–Trinajstić information content (AvgIpc) is 2.33. The minimum Gasteiger partial charge on any atom is -0.394 e. The van der Waals surface area contributed by atoms with Crippen molar-refractivity contribution < 1.29 is 4.92 Å². The molecule has 0 fully saturated rings. The molecule has 0 spiro atoms. The lowest BCUT2D eigenvalue weighted by Crippen LogP contribution is -2.10. The maximum atomic E-state index is 11.1. The second-order valence-electron chi connectivity index (χ2n) is 3.48. The molecule has 86 valence electrons. The fraction of sp³-hybridized carbons (Fsp3) is 0. The van der Waals surface area contributed by atoms with Crippen LogP contribution in [0.1, 0.15) is 0 Å². The molecule has 2 aromatic rings. The third-order valence-corrected chi connectivity index (χ3v) is 2.32. The van der Waals surface area contributed by atoms with Gasteiger partial charge in [0.25, 0.3) is 11.2 Å². The van der Waals surface area contributed by atoms with Crippen LogP contribution in [0.15, 0.2) is 41.3 Å². The number of nitro benzene ring substituents is 1. The van der Waals surface area contributed by atoms with E-state index >= 15 is 0 Å². The molecule has 0 atom stereocenters. The van der Waals surface area contributed by atoms with Crippen LogP contribution in [0, 0.1) is 10.1 Å². The van der Waals surface area contributed by atoms with Crippen molar-refractivity contribution in [2.45, 2.75) is 0 Å². The summed E-state index contributed by atoms with van der Waals surface area (Å²) in [6.07, 6.45) is 1.47. The molecule has 0 amide bonds. The van der Waals surface area contributed by atoms with Crippen LogP contribution in [0.25, 0.3) is 11.1 Å². The van der Waals surface area contributed by atoms with Gasteiger partial charge < -0.3 is 10.7 Å². The van der Waals surface area contributed by atoms with E-state index in [0.29, 0.717) is 11.1 Å². The van der Waals surface area contributed by atoms with Crippen molar-refractivity contribution in [3.05, 3.63) is 57.0 Å². The first-order valence-electron chi connectivity index (χ1n) is 4.81. The Labute approximate surface area is 95.9 Å². The number of nitro groups is 1. The zero-order chi connectivity index (χ0) is 12.4.